The van der Waals surface area contributed by atoms with Gasteiger partial charge in [-0.2, -0.15) is 0 Å². The fourth-order valence-electron chi connectivity index (χ4n) is 1.69. The first kappa shape index (κ1) is 8.94. The maximum atomic E-state index is 11.2. The van der Waals surface area contributed by atoms with E-state index in [2.05, 4.69) is 9.73 Å². The normalized spacial score (nSPS) is 27.4. The Kier molecular flexibility index (Phi) is 2.08. The second kappa shape index (κ2) is 3.25. The molecule has 0 aromatic heterocycles. The number of methoxy groups -OCH3 is 1. The highest BCUT2D eigenvalue weighted by Crippen LogP contribution is 2.38. The summed E-state index contributed by atoms with van der Waals surface area (Å²) in [5.74, 6) is -0.218. The fourth-order valence-corrected chi connectivity index (χ4v) is 1.69. The van der Waals surface area contributed by atoms with Gasteiger partial charge in [0.25, 0.3) is 0 Å². The number of hydrogen-bond donors (Lipinski definition) is 0. The van der Waals surface area contributed by atoms with Crippen LogP contribution in [0.5, 0.6) is 0 Å². The van der Waals surface area contributed by atoms with Gasteiger partial charge in [0, 0.05) is 12.4 Å². The highest BCUT2D eigenvalue weighted by molar-refractivity contribution is 5.86. The van der Waals surface area contributed by atoms with Crippen molar-refractivity contribution in [3.05, 3.63) is 36.1 Å². The molecule has 1 aliphatic heterocycles. The Morgan fingerprint density at radius 2 is 2.43 bits per heavy atom. The van der Waals surface area contributed by atoms with Crippen molar-refractivity contribution in [2.75, 3.05) is 7.11 Å². The number of carbonyl (C=O) groups is 1. The minimum absolute atomic E-state index is 0.218. The molecule has 14 heavy (non-hydrogen) atoms. The minimum Gasteiger partial charge on any atom is -0.469 e. The Labute approximate surface area is 82.5 Å². The van der Waals surface area contributed by atoms with E-state index in [0.717, 1.165) is 5.57 Å². The summed E-state index contributed by atoms with van der Waals surface area (Å²) >= 11 is 0. The van der Waals surface area contributed by atoms with Crippen molar-refractivity contribution in [3.8, 4) is 0 Å². The number of hydrogen-bond acceptors (Lipinski definition) is 3. The summed E-state index contributed by atoms with van der Waals surface area (Å²) in [6.07, 6.45) is 11.7. The van der Waals surface area contributed by atoms with E-state index in [9.17, 15) is 4.79 Å². The highest BCUT2D eigenvalue weighted by Gasteiger charge is 2.35. The van der Waals surface area contributed by atoms with Crippen LogP contribution in [0.25, 0.3) is 0 Å². The smallest absolute Gasteiger partial charge is 0.307 e. The average Bonchev–Trinajstić information content (AvgIpc) is 2.60. The monoisotopic (exact) mass is 189 g/mol. The van der Waals surface area contributed by atoms with Crippen LogP contribution >= 0.6 is 0 Å². The Morgan fingerprint density at radius 1 is 1.57 bits per heavy atom. The molecule has 0 aromatic carbocycles. The van der Waals surface area contributed by atoms with Crippen molar-refractivity contribution in [2.45, 2.75) is 6.42 Å². The van der Waals surface area contributed by atoms with E-state index in [4.69, 9.17) is 0 Å². The second-order valence-corrected chi connectivity index (χ2v) is 3.37. The topological polar surface area (TPSA) is 38.7 Å². The summed E-state index contributed by atoms with van der Waals surface area (Å²) in [5, 5.41) is 0. The fraction of sp³-hybridized carbons (Fsp3) is 0.273. The van der Waals surface area contributed by atoms with Crippen molar-refractivity contribution in [2.24, 2.45) is 10.4 Å². The van der Waals surface area contributed by atoms with E-state index < -0.39 is 0 Å². The minimum atomic E-state index is -0.359. The van der Waals surface area contributed by atoms with Crippen LogP contribution in [0.1, 0.15) is 6.42 Å². The van der Waals surface area contributed by atoms with Gasteiger partial charge < -0.3 is 4.74 Å². The molecular weight excluding hydrogens is 178 g/mol. The van der Waals surface area contributed by atoms with E-state index in [-0.39, 0.29) is 11.4 Å². The van der Waals surface area contributed by atoms with Gasteiger partial charge in [0.1, 0.15) is 0 Å². The Hall–Kier alpha value is -1.64. The van der Waals surface area contributed by atoms with E-state index >= 15 is 0 Å². The van der Waals surface area contributed by atoms with Crippen molar-refractivity contribution < 1.29 is 9.53 Å². The van der Waals surface area contributed by atoms with Gasteiger partial charge in [0.2, 0.25) is 0 Å². The van der Waals surface area contributed by atoms with E-state index in [0.29, 0.717) is 6.42 Å². The van der Waals surface area contributed by atoms with Crippen molar-refractivity contribution in [3.63, 3.8) is 0 Å². The number of aliphatic imine (C=N–C) groups is 1. The van der Waals surface area contributed by atoms with Crippen LogP contribution in [0.4, 0.5) is 0 Å². The standard InChI is InChI=1S/C11H11NO2/c1-14-10(13)6-11-5-3-2-4-9(11)7-12-8-11/h2-5,7-8H,6H2,1H3. The molecule has 0 fully saturated rings. The quantitative estimate of drug-likeness (QED) is 0.619. The molecular formula is C11H11NO2. The van der Waals surface area contributed by atoms with Gasteiger partial charge in [-0.15, -0.1) is 0 Å². The van der Waals surface area contributed by atoms with Crippen LogP contribution in [-0.4, -0.2) is 19.3 Å². The van der Waals surface area contributed by atoms with E-state index in [1.54, 1.807) is 12.4 Å². The molecule has 0 spiro atoms. The largest absolute Gasteiger partial charge is 0.469 e. The lowest BCUT2D eigenvalue weighted by Gasteiger charge is -2.24. The van der Waals surface area contributed by atoms with Gasteiger partial charge in [0.05, 0.1) is 18.9 Å². The summed E-state index contributed by atoms with van der Waals surface area (Å²) in [6.45, 7) is 0. The molecule has 2 aliphatic rings. The lowest BCUT2D eigenvalue weighted by atomic mass is 9.77. The van der Waals surface area contributed by atoms with Crippen LogP contribution < -0.4 is 0 Å². The van der Waals surface area contributed by atoms with Crippen LogP contribution in [0.2, 0.25) is 0 Å². The zero-order chi connectivity index (χ0) is 10.0. The SMILES string of the molecule is COC(=O)CC12C=CC=CC1=CN=C2. The van der Waals surface area contributed by atoms with Crippen molar-refractivity contribution in [1.82, 2.24) is 0 Å². The molecule has 3 nitrogen and oxygen atoms in total. The predicted molar refractivity (Wildman–Crippen MR) is 53.9 cm³/mol. The summed E-state index contributed by atoms with van der Waals surface area (Å²) in [5.41, 5.74) is 0.687. The lowest BCUT2D eigenvalue weighted by Crippen LogP contribution is -2.25. The number of fused-ring (bicyclic) bond motifs is 1. The third kappa shape index (κ3) is 1.31. The zero-order valence-corrected chi connectivity index (χ0v) is 7.93. The Balaban J connectivity index is 2.26. The molecule has 0 bridgehead atoms. The van der Waals surface area contributed by atoms with E-state index in [1.807, 2.05) is 24.3 Å². The molecule has 0 N–H and O–H groups in total. The molecule has 2 rings (SSSR count). The van der Waals surface area contributed by atoms with Gasteiger partial charge >= 0.3 is 5.97 Å². The molecule has 0 saturated heterocycles. The van der Waals surface area contributed by atoms with Gasteiger partial charge in [0.15, 0.2) is 0 Å². The molecule has 1 atom stereocenters. The number of allylic oxidation sites excluding steroid dienone is 5. The van der Waals surface area contributed by atoms with Gasteiger partial charge in [-0.05, 0) is 5.57 Å². The summed E-state index contributed by atoms with van der Waals surface area (Å²) in [6, 6.07) is 0. The molecule has 0 aromatic rings. The molecule has 1 heterocycles. The summed E-state index contributed by atoms with van der Waals surface area (Å²) in [7, 11) is 1.40. The highest BCUT2D eigenvalue weighted by atomic mass is 16.5. The first-order valence-corrected chi connectivity index (χ1v) is 4.44. The first-order valence-electron chi connectivity index (χ1n) is 4.44. The van der Waals surface area contributed by atoms with Crippen molar-refractivity contribution >= 4 is 12.2 Å². The number of rotatable bonds is 2. The molecule has 1 aliphatic carbocycles. The van der Waals surface area contributed by atoms with Crippen LogP contribution in [-0.2, 0) is 9.53 Å². The summed E-state index contributed by atoms with van der Waals surface area (Å²) < 4.78 is 4.67. The first-order chi connectivity index (χ1) is 6.77. The van der Waals surface area contributed by atoms with E-state index in [1.165, 1.54) is 7.11 Å². The number of esters is 1. The van der Waals surface area contributed by atoms with Crippen LogP contribution in [0, 0.1) is 5.41 Å². The van der Waals surface area contributed by atoms with Crippen LogP contribution in [0.15, 0.2) is 41.1 Å². The van der Waals surface area contributed by atoms with Gasteiger partial charge in [-0.3, -0.25) is 9.79 Å². The second-order valence-electron chi connectivity index (χ2n) is 3.37. The Morgan fingerprint density at radius 3 is 3.21 bits per heavy atom. The molecule has 0 radical (unpaired) electrons. The van der Waals surface area contributed by atoms with Gasteiger partial charge in [-0.25, -0.2) is 0 Å². The summed E-state index contributed by atoms with van der Waals surface area (Å²) in [4.78, 5) is 15.3. The number of ether oxygens (including phenoxy) is 1. The maximum Gasteiger partial charge on any atom is 0.307 e. The molecule has 3 heteroatoms. The Bertz CT molecular complexity index is 377. The predicted octanol–water partition coefficient (Wildman–Crippen LogP) is 1.63. The zero-order valence-electron chi connectivity index (χ0n) is 7.93. The molecule has 1 unspecified atom stereocenters. The van der Waals surface area contributed by atoms with Gasteiger partial charge in [-0.1, -0.05) is 24.3 Å². The average molecular weight is 189 g/mol. The molecule has 0 amide bonds. The molecule has 72 valence electrons. The third-order valence-electron chi connectivity index (χ3n) is 2.50. The molecule has 0 saturated carbocycles. The number of nitrogens with zero attached hydrogens (tertiary/aromatic N) is 1. The maximum absolute atomic E-state index is 11.2. The lowest BCUT2D eigenvalue weighted by molar-refractivity contribution is -0.141. The van der Waals surface area contributed by atoms with Crippen LogP contribution in [0.3, 0.4) is 0 Å². The third-order valence-corrected chi connectivity index (χ3v) is 2.50. The number of carbonyl (C=O) groups excluding carboxylic acids is 1. The van der Waals surface area contributed by atoms with Crippen molar-refractivity contribution in [1.29, 1.82) is 0 Å².